The molecule has 1 rings (SSSR count). The van der Waals surface area contributed by atoms with Gasteiger partial charge in [0.15, 0.2) is 17.4 Å². The molecule has 1 N–H and O–H groups in total. The number of carbonyl (C=O) groups excluding carboxylic acids is 1. The summed E-state index contributed by atoms with van der Waals surface area (Å²) in [5.74, 6) is -9.08. The van der Waals surface area contributed by atoms with Crippen LogP contribution in [0.25, 0.3) is 0 Å². The van der Waals surface area contributed by atoms with E-state index < -0.39 is 53.6 Å². The van der Waals surface area contributed by atoms with E-state index in [1.165, 1.54) is 6.92 Å². The van der Waals surface area contributed by atoms with Gasteiger partial charge in [-0.1, -0.05) is 20.8 Å². The number of hydrogen-bond donors (Lipinski definition) is 1. The monoisotopic (exact) mass is 340 g/mol. The van der Waals surface area contributed by atoms with Gasteiger partial charge in [-0.25, -0.2) is 8.78 Å². The third-order valence-electron chi connectivity index (χ3n) is 2.84. The predicted octanol–water partition coefficient (Wildman–Crippen LogP) is 3.21. The first kappa shape index (κ1) is 21.2. The fourth-order valence-electron chi connectivity index (χ4n) is 1.49. The van der Waals surface area contributed by atoms with Crippen LogP contribution in [0, 0.1) is 29.2 Å². The Morgan fingerprint density at radius 3 is 2.09 bits per heavy atom. The number of halogens is 4. The SMILES string of the molecule is CC.COC(=O)CC(C)C(O)COc1c(F)c(F)cc(F)c1F. The van der Waals surface area contributed by atoms with E-state index in [1.807, 2.05) is 13.8 Å². The van der Waals surface area contributed by atoms with Crippen LogP contribution in [0.1, 0.15) is 27.2 Å². The summed E-state index contributed by atoms with van der Waals surface area (Å²) in [5.41, 5.74) is 0. The largest absolute Gasteiger partial charge is 0.485 e. The Morgan fingerprint density at radius 2 is 1.65 bits per heavy atom. The minimum Gasteiger partial charge on any atom is -0.485 e. The number of benzene rings is 1. The maximum absolute atomic E-state index is 13.3. The van der Waals surface area contributed by atoms with Crippen molar-refractivity contribution >= 4 is 5.97 Å². The molecule has 0 aliphatic rings. The van der Waals surface area contributed by atoms with Gasteiger partial charge in [-0.3, -0.25) is 4.79 Å². The van der Waals surface area contributed by atoms with Gasteiger partial charge in [0.25, 0.3) is 0 Å². The molecule has 0 amide bonds. The van der Waals surface area contributed by atoms with Crippen molar-refractivity contribution in [1.29, 1.82) is 0 Å². The first-order valence-corrected chi connectivity index (χ1v) is 6.98. The summed E-state index contributed by atoms with van der Waals surface area (Å²) in [7, 11) is 1.16. The maximum Gasteiger partial charge on any atom is 0.305 e. The molecule has 0 aliphatic carbocycles. The van der Waals surface area contributed by atoms with Crippen LogP contribution in [-0.4, -0.2) is 30.9 Å². The molecule has 0 fully saturated rings. The zero-order chi connectivity index (χ0) is 18.2. The highest BCUT2D eigenvalue weighted by atomic mass is 19.2. The smallest absolute Gasteiger partial charge is 0.305 e. The van der Waals surface area contributed by atoms with Crippen LogP contribution in [0.3, 0.4) is 0 Å². The average molecular weight is 340 g/mol. The second kappa shape index (κ2) is 10.0. The third kappa shape index (κ3) is 6.05. The van der Waals surface area contributed by atoms with Gasteiger partial charge in [0.05, 0.1) is 19.6 Å². The summed E-state index contributed by atoms with van der Waals surface area (Å²) in [4.78, 5) is 11.0. The standard InChI is InChI=1S/C13H14F4O4.C2H6/c1-6(3-10(19)20-2)9(18)5-21-13-11(16)7(14)4-8(15)12(13)17;1-2/h4,6,9,18H,3,5H2,1-2H3;1-2H3. The molecule has 0 bridgehead atoms. The maximum atomic E-state index is 13.3. The number of carbonyl (C=O) groups is 1. The lowest BCUT2D eigenvalue weighted by atomic mass is 10.0. The van der Waals surface area contributed by atoms with Gasteiger partial charge >= 0.3 is 5.97 Å². The van der Waals surface area contributed by atoms with E-state index in [0.29, 0.717) is 0 Å². The van der Waals surface area contributed by atoms with Gasteiger partial charge in [-0.05, 0) is 5.92 Å². The van der Waals surface area contributed by atoms with Crippen molar-refractivity contribution in [2.45, 2.75) is 33.3 Å². The van der Waals surface area contributed by atoms with Crippen molar-refractivity contribution in [2.75, 3.05) is 13.7 Å². The molecule has 0 heterocycles. The topological polar surface area (TPSA) is 55.8 Å². The second-order valence-electron chi connectivity index (χ2n) is 4.43. The molecule has 1 aromatic rings. The molecule has 0 saturated heterocycles. The quantitative estimate of drug-likeness (QED) is 0.491. The van der Waals surface area contributed by atoms with E-state index in [1.54, 1.807) is 0 Å². The highest BCUT2D eigenvalue weighted by Gasteiger charge is 2.24. The lowest BCUT2D eigenvalue weighted by Gasteiger charge is -2.18. The molecule has 0 spiro atoms. The summed E-state index contributed by atoms with van der Waals surface area (Å²) < 4.78 is 61.5. The minimum atomic E-state index is -1.69. The number of methoxy groups -OCH3 is 1. The molecule has 0 aliphatic heterocycles. The Balaban J connectivity index is 0.00000232. The van der Waals surface area contributed by atoms with Crippen LogP contribution in [0.15, 0.2) is 6.07 Å². The van der Waals surface area contributed by atoms with Crippen molar-refractivity contribution < 1.29 is 36.9 Å². The highest BCUT2D eigenvalue weighted by molar-refractivity contribution is 5.69. The minimum absolute atomic E-state index is 0.0494. The predicted molar refractivity (Wildman–Crippen MR) is 74.9 cm³/mol. The van der Waals surface area contributed by atoms with Crippen LogP contribution < -0.4 is 4.74 Å². The first-order valence-electron chi connectivity index (χ1n) is 6.98. The van der Waals surface area contributed by atoms with Crippen LogP contribution in [0.2, 0.25) is 0 Å². The lowest BCUT2D eigenvalue weighted by Crippen LogP contribution is -2.28. The lowest BCUT2D eigenvalue weighted by molar-refractivity contribution is -0.142. The molecule has 4 nitrogen and oxygen atoms in total. The van der Waals surface area contributed by atoms with Crippen LogP contribution >= 0.6 is 0 Å². The first-order chi connectivity index (χ1) is 10.8. The van der Waals surface area contributed by atoms with Crippen molar-refractivity contribution in [3.05, 3.63) is 29.3 Å². The van der Waals surface area contributed by atoms with E-state index in [2.05, 4.69) is 9.47 Å². The molecule has 2 unspecified atom stereocenters. The van der Waals surface area contributed by atoms with E-state index in [-0.39, 0.29) is 12.5 Å². The number of aliphatic hydroxyl groups is 1. The number of hydrogen-bond acceptors (Lipinski definition) is 4. The Bertz CT molecular complexity index is 496. The second-order valence-corrected chi connectivity index (χ2v) is 4.43. The number of ether oxygens (including phenoxy) is 2. The Kier molecular flexibility index (Phi) is 9.24. The van der Waals surface area contributed by atoms with Crippen molar-refractivity contribution in [3.8, 4) is 5.75 Å². The van der Waals surface area contributed by atoms with Crippen molar-refractivity contribution in [1.82, 2.24) is 0 Å². The number of aliphatic hydroxyl groups excluding tert-OH is 1. The Morgan fingerprint density at radius 1 is 1.17 bits per heavy atom. The Hall–Kier alpha value is -1.83. The molecule has 0 saturated carbocycles. The van der Waals surface area contributed by atoms with E-state index >= 15 is 0 Å². The molecule has 23 heavy (non-hydrogen) atoms. The van der Waals surface area contributed by atoms with Crippen LogP contribution in [-0.2, 0) is 9.53 Å². The van der Waals surface area contributed by atoms with Crippen molar-refractivity contribution in [2.24, 2.45) is 5.92 Å². The van der Waals surface area contributed by atoms with Gasteiger partial charge < -0.3 is 14.6 Å². The van der Waals surface area contributed by atoms with E-state index in [0.717, 1.165) is 7.11 Å². The molecule has 0 aromatic heterocycles. The fraction of sp³-hybridized carbons (Fsp3) is 0.533. The summed E-state index contributed by atoms with van der Waals surface area (Å²) >= 11 is 0. The normalized spacial score (nSPS) is 12.7. The number of rotatable bonds is 6. The molecule has 0 radical (unpaired) electrons. The van der Waals surface area contributed by atoms with E-state index in [9.17, 15) is 27.5 Å². The number of esters is 1. The summed E-state index contributed by atoms with van der Waals surface area (Å²) in [6, 6.07) is 0.0494. The summed E-state index contributed by atoms with van der Waals surface area (Å²) in [6.45, 7) is 4.83. The zero-order valence-electron chi connectivity index (χ0n) is 13.3. The van der Waals surface area contributed by atoms with Crippen molar-refractivity contribution in [3.63, 3.8) is 0 Å². The summed E-state index contributed by atoms with van der Waals surface area (Å²) in [5, 5.41) is 9.68. The van der Waals surface area contributed by atoms with Gasteiger partial charge in [0.2, 0.25) is 11.6 Å². The molecule has 1 aromatic carbocycles. The Labute approximate surface area is 132 Å². The summed E-state index contributed by atoms with van der Waals surface area (Å²) in [6.07, 6.45) is -1.43. The van der Waals surface area contributed by atoms with Gasteiger partial charge in [-0.2, -0.15) is 8.78 Å². The zero-order valence-corrected chi connectivity index (χ0v) is 13.3. The fourth-order valence-corrected chi connectivity index (χ4v) is 1.49. The highest BCUT2D eigenvalue weighted by Crippen LogP contribution is 2.27. The third-order valence-corrected chi connectivity index (χ3v) is 2.84. The van der Waals surface area contributed by atoms with E-state index in [4.69, 9.17) is 0 Å². The van der Waals surface area contributed by atoms with Crippen LogP contribution in [0.4, 0.5) is 17.6 Å². The molecule has 8 heteroatoms. The molecule has 132 valence electrons. The van der Waals surface area contributed by atoms with Gasteiger partial charge in [0.1, 0.15) is 6.61 Å². The van der Waals surface area contributed by atoms with Crippen LogP contribution in [0.5, 0.6) is 5.75 Å². The van der Waals surface area contributed by atoms with Gasteiger partial charge in [-0.15, -0.1) is 0 Å². The average Bonchev–Trinajstić information content (AvgIpc) is 2.54. The molecule has 2 atom stereocenters. The van der Waals surface area contributed by atoms with Gasteiger partial charge in [0, 0.05) is 6.07 Å². The molecular weight excluding hydrogens is 320 g/mol. The molecular formula is C15H20F4O4.